The zero-order valence-corrected chi connectivity index (χ0v) is 13.4. The molecule has 0 aliphatic carbocycles. The summed E-state index contributed by atoms with van der Waals surface area (Å²) in [5.74, 6) is -0.0292. The number of phenolic OH excluding ortho intramolecular Hbond substituents is 1. The minimum absolute atomic E-state index is 0. The van der Waals surface area contributed by atoms with Crippen LogP contribution in [0.2, 0.25) is 0 Å². The fraction of sp³-hybridized carbons (Fsp3) is 0.400. The number of amides is 1. The van der Waals surface area contributed by atoms with Crippen molar-refractivity contribution in [2.45, 2.75) is 6.42 Å². The SMILES string of the molecule is C[N+](C)(C)CCCNC(=O)c1cc(O)c2cc[nH]c2c1.[Cl-]. The van der Waals surface area contributed by atoms with Crippen LogP contribution in [0, 0.1) is 0 Å². The number of quaternary nitrogens is 1. The van der Waals surface area contributed by atoms with E-state index >= 15 is 0 Å². The Balaban J connectivity index is 0.00000220. The number of nitrogens with one attached hydrogen (secondary N) is 2. The van der Waals surface area contributed by atoms with Crippen LogP contribution in [0.1, 0.15) is 16.8 Å². The second-order valence-corrected chi connectivity index (χ2v) is 6.06. The monoisotopic (exact) mass is 311 g/mol. The highest BCUT2D eigenvalue weighted by Gasteiger charge is 2.11. The number of carbonyl (C=O) groups excluding carboxylic acids is 1. The van der Waals surface area contributed by atoms with Crippen molar-refractivity contribution in [3.63, 3.8) is 0 Å². The van der Waals surface area contributed by atoms with Gasteiger partial charge in [0.25, 0.3) is 5.91 Å². The normalized spacial score (nSPS) is 11.2. The number of aromatic amines is 1. The van der Waals surface area contributed by atoms with Crippen molar-refractivity contribution < 1.29 is 26.8 Å². The lowest BCUT2D eigenvalue weighted by atomic mass is 10.1. The van der Waals surface area contributed by atoms with Gasteiger partial charge in [-0.15, -0.1) is 0 Å². The summed E-state index contributed by atoms with van der Waals surface area (Å²) in [6.45, 7) is 1.64. The molecule has 0 aliphatic rings. The van der Waals surface area contributed by atoms with Crippen molar-refractivity contribution in [2.24, 2.45) is 0 Å². The minimum atomic E-state index is -0.154. The molecule has 2 aromatic rings. The van der Waals surface area contributed by atoms with Crippen LogP contribution in [0.5, 0.6) is 5.75 Å². The number of phenols is 1. The van der Waals surface area contributed by atoms with Crippen LogP contribution in [0.3, 0.4) is 0 Å². The summed E-state index contributed by atoms with van der Waals surface area (Å²) in [6, 6.07) is 5.04. The predicted octanol–water partition coefficient (Wildman–Crippen LogP) is -1.30. The maximum atomic E-state index is 12.0. The maximum Gasteiger partial charge on any atom is 0.251 e. The highest BCUT2D eigenvalue weighted by Crippen LogP contribution is 2.25. The predicted molar refractivity (Wildman–Crippen MR) is 79.8 cm³/mol. The molecule has 21 heavy (non-hydrogen) atoms. The van der Waals surface area contributed by atoms with E-state index in [0.717, 1.165) is 28.4 Å². The molecular weight excluding hydrogens is 290 g/mol. The second kappa shape index (κ2) is 6.83. The van der Waals surface area contributed by atoms with Gasteiger partial charge >= 0.3 is 0 Å². The molecule has 6 heteroatoms. The van der Waals surface area contributed by atoms with Crippen LogP contribution in [-0.2, 0) is 0 Å². The van der Waals surface area contributed by atoms with E-state index in [1.54, 1.807) is 18.3 Å². The van der Waals surface area contributed by atoms with Gasteiger partial charge in [-0.05, 0) is 18.2 Å². The minimum Gasteiger partial charge on any atom is -1.00 e. The van der Waals surface area contributed by atoms with Gasteiger partial charge in [0.15, 0.2) is 0 Å². The van der Waals surface area contributed by atoms with E-state index in [0.29, 0.717) is 12.1 Å². The third kappa shape index (κ3) is 4.65. The van der Waals surface area contributed by atoms with Crippen molar-refractivity contribution in [3.8, 4) is 5.75 Å². The Kier molecular flexibility index (Phi) is 5.63. The zero-order chi connectivity index (χ0) is 14.8. The Morgan fingerprint density at radius 2 is 2.05 bits per heavy atom. The Bertz CT molecular complexity index is 617. The van der Waals surface area contributed by atoms with Gasteiger partial charge in [0.2, 0.25) is 0 Å². The number of nitrogens with zero attached hydrogens (tertiary/aromatic N) is 1. The van der Waals surface area contributed by atoms with E-state index in [1.807, 2.05) is 0 Å². The smallest absolute Gasteiger partial charge is 0.251 e. The van der Waals surface area contributed by atoms with E-state index in [-0.39, 0.29) is 24.1 Å². The molecule has 0 spiro atoms. The van der Waals surface area contributed by atoms with E-state index in [9.17, 15) is 9.90 Å². The average Bonchev–Trinajstić information content (AvgIpc) is 2.82. The molecule has 1 aromatic heterocycles. The first-order valence-corrected chi connectivity index (χ1v) is 6.75. The Morgan fingerprint density at radius 3 is 2.71 bits per heavy atom. The topological polar surface area (TPSA) is 65.1 Å². The highest BCUT2D eigenvalue weighted by atomic mass is 35.5. The summed E-state index contributed by atoms with van der Waals surface area (Å²) in [6.07, 6.45) is 2.67. The summed E-state index contributed by atoms with van der Waals surface area (Å²) in [7, 11) is 6.37. The van der Waals surface area contributed by atoms with E-state index in [4.69, 9.17) is 0 Å². The number of aromatic nitrogens is 1. The number of halogens is 1. The van der Waals surface area contributed by atoms with E-state index < -0.39 is 0 Å². The molecule has 0 fully saturated rings. The molecule has 0 radical (unpaired) electrons. The zero-order valence-electron chi connectivity index (χ0n) is 12.6. The quantitative estimate of drug-likeness (QED) is 0.475. The fourth-order valence-electron chi connectivity index (χ4n) is 2.14. The molecule has 5 nitrogen and oxygen atoms in total. The first-order valence-electron chi connectivity index (χ1n) is 6.75. The lowest BCUT2D eigenvalue weighted by molar-refractivity contribution is -0.870. The lowest BCUT2D eigenvalue weighted by Gasteiger charge is -2.23. The van der Waals surface area contributed by atoms with Gasteiger partial charge in [0.1, 0.15) is 5.75 Å². The molecule has 1 amide bonds. The average molecular weight is 312 g/mol. The molecule has 0 saturated carbocycles. The van der Waals surface area contributed by atoms with Gasteiger partial charge in [0, 0.05) is 35.6 Å². The largest absolute Gasteiger partial charge is 1.00 e. The van der Waals surface area contributed by atoms with Crippen LogP contribution >= 0.6 is 0 Å². The van der Waals surface area contributed by atoms with E-state index in [2.05, 4.69) is 31.4 Å². The second-order valence-electron chi connectivity index (χ2n) is 6.06. The third-order valence-electron chi connectivity index (χ3n) is 3.20. The van der Waals surface area contributed by atoms with Crippen molar-refractivity contribution in [3.05, 3.63) is 30.0 Å². The summed E-state index contributed by atoms with van der Waals surface area (Å²) in [5.41, 5.74) is 1.24. The molecule has 1 heterocycles. The van der Waals surface area contributed by atoms with Crippen molar-refractivity contribution in [1.29, 1.82) is 0 Å². The number of benzene rings is 1. The number of aromatic hydroxyl groups is 1. The molecule has 0 saturated heterocycles. The summed E-state index contributed by atoms with van der Waals surface area (Å²) in [5, 5.41) is 13.5. The number of hydrogen-bond donors (Lipinski definition) is 3. The summed E-state index contributed by atoms with van der Waals surface area (Å²) in [4.78, 5) is 15.0. The van der Waals surface area contributed by atoms with Crippen LogP contribution < -0.4 is 17.7 Å². The van der Waals surface area contributed by atoms with Gasteiger partial charge in [-0.1, -0.05) is 0 Å². The summed E-state index contributed by atoms with van der Waals surface area (Å²) >= 11 is 0. The molecule has 0 bridgehead atoms. The lowest BCUT2D eigenvalue weighted by Crippen LogP contribution is -3.00. The van der Waals surface area contributed by atoms with Crippen LogP contribution in [0.25, 0.3) is 10.9 Å². The molecule has 1 aromatic carbocycles. The van der Waals surface area contributed by atoms with Crippen molar-refractivity contribution in [1.82, 2.24) is 10.3 Å². The molecular formula is C15H22ClN3O2. The van der Waals surface area contributed by atoms with E-state index in [1.165, 1.54) is 6.07 Å². The molecule has 3 N–H and O–H groups in total. The van der Waals surface area contributed by atoms with Crippen molar-refractivity contribution >= 4 is 16.8 Å². The number of hydrogen-bond acceptors (Lipinski definition) is 2. The molecule has 0 unspecified atom stereocenters. The summed E-state index contributed by atoms with van der Waals surface area (Å²) < 4.78 is 0.880. The van der Waals surface area contributed by atoms with Gasteiger partial charge in [-0.25, -0.2) is 0 Å². The molecule has 2 rings (SSSR count). The van der Waals surface area contributed by atoms with Gasteiger partial charge in [0.05, 0.1) is 27.7 Å². The number of fused-ring (bicyclic) bond motifs is 1. The van der Waals surface area contributed by atoms with Crippen LogP contribution in [0.15, 0.2) is 24.4 Å². The molecule has 116 valence electrons. The molecule has 0 atom stereocenters. The van der Waals surface area contributed by atoms with Gasteiger partial charge < -0.3 is 32.3 Å². The molecule has 0 aliphatic heterocycles. The Morgan fingerprint density at radius 1 is 1.33 bits per heavy atom. The fourth-order valence-corrected chi connectivity index (χ4v) is 2.14. The highest BCUT2D eigenvalue weighted by molar-refractivity contribution is 5.99. The number of carbonyl (C=O) groups is 1. The maximum absolute atomic E-state index is 12.0. The third-order valence-corrected chi connectivity index (χ3v) is 3.20. The Labute approximate surface area is 131 Å². The standard InChI is InChI=1S/C15H21N3O2.ClH/c1-18(2,3)8-4-6-17-15(20)11-9-13-12(5-7-16-13)14(19)10-11;/h5,7,9-10H,4,6,8H2,1-3H3,(H2-,16,17,19,20);1H. The van der Waals surface area contributed by atoms with Crippen LogP contribution in [0.4, 0.5) is 0 Å². The van der Waals surface area contributed by atoms with Gasteiger partial charge in [-0.3, -0.25) is 4.79 Å². The number of rotatable bonds is 5. The Hall–Kier alpha value is -1.72. The first kappa shape index (κ1) is 17.3. The van der Waals surface area contributed by atoms with Crippen molar-refractivity contribution in [2.75, 3.05) is 34.2 Å². The van der Waals surface area contributed by atoms with Crippen LogP contribution in [-0.4, -0.2) is 54.7 Å². The first-order chi connectivity index (χ1) is 9.37. The number of H-pyrrole nitrogens is 1. The van der Waals surface area contributed by atoms with Gasteiger partial charge in [-0.2, -0.15) is 0 Å².